The third-order valence-electron chi connectivity index (χ3n) is 9.63. The molecule has 1 aliphatic heterocycles. The Labute approximate surface area is 339 Å². The molecule has 13 nitrogen and oxygen atoms in total. The molecule has 0 bridgehead atoms. The van der Waals surface area contributed by atoms with Gasteiger partial charge < -0.3 is 16.0 Å². The van der Waals surface area contributed by atoms with Crippen LogP contribution in [0.15, 0.2) is 131 Å². The summed E-state index contributed by atoms with van der Waals surface area (Å²) in [4.78, 5) is 37.3. The Bertz CT molecular complexity index is 2500. The number of halogens is 1. The largest absolute Gasteiger partial charge is 0.375 e. The SMILES string of the molecule is NC(=O)C[C@H](CSc1ccccc1)Nc1ccc(S(=O)(=O)Nc2ncnc3cc(N4CCN(Cc5ccccc5-c5ccc(Cl)cc5)CC4)ccc23)cc1[N+](=O)[O-]. The van der Waals surface area contributed by atoms with Gasteiger partial charge in [0, 0.05) is 78.0 Å². The number of nitrogens with two attached hydrogens (primary N) is 1. The van der Waals surface area contributed by atoms with Gasteiger partial charge in [0.05, 0.1) is 15.3 Å². The first kappa shape index (κ1) is 39.5. The minimum atomic E-state index is -4.33. The van der Waals surface area contributed by atoms with Crippen molar-refractivity contribution in [3.05, 3.63) is 142 Å². The summed E-state index contributed by atoms with van der Waals surface area (Å²) in [5.74, 6) is -0.159. The Morgan fingerprint density at radius 2 is 1.65 bits per heavy atom. The third-order valence-corrected chi connectivity index (χ3v) is 12.4. The first-order valence-corrected chi connectivity index (χ1v) is 21.0. The van der Waals surface area contributed by atoms with Crippen LogP contribution in [0, 0.1) is 10.1 Å². The standard InChI is InChI=1S/C41H39ClN8O5S2/c42-30-12-10-28(11-13-30)35-9-5-4-6-29(35)25-48-18-20-49(21-19-48)32-14-16-36-38(23-32)44-27-45-41(36)47-57(54,55)34-15-17-37(39(24-34)50(52)53)46-31(22-40(43)51)26-56-33-7-2-1-3-8-33/h1-17,23-24,27,31,46H,18-22,25-26H2,(H2,43,51)(H,44,45,47)/t31-/m1/s1. The van der Waals surface area contributed by atoms with Crippen LogP contribution in [0.5, 0.6) is 0 Å². The predicted octanol–water partition coefficient (Wildman–Crippen LogP) is 7.43. The van der Waals surface area contributed by atoms with E-state index in [9.17, 15) is 23.3 Å². The number of benzene rings is 5. The Morgan fingerprint density at radius 3 is 2.39 bits per heavy atom. The number of amides is 1. The molecule has 1 amide bonds. The maximum absolute atomic E-state index is 13.7. The summed E-state index contributed by atoms with van der Waals surface area (Å²) in [6, 6.07) is 34.4. The molecule has 1 aliphatic rings. The Balaban J connectivity index is 1.02. The Kier molecular flexibility index (Phi) is 12.2. The molecular weight excluding hydrogens is 784 g/mol. The second-order valence-electron chi connectivity index (χ2n) is 13.5. The van der Waals surface area contributed by atoms with E-state index in [1.165, 1.54) is 41.3 Å². The zero-order valence-corrected chi connectivity index (χ0v) is 33.0. The molecule has 5 aromatic carbocycles. The number of anilines is 3. The quantitative estimate of drug-likeness (QED) is 0.0533. The van der Waals surface area contributed by atoms with Crippen molar-refractivity contribution < 1.29 is 18.1 Å². The number of nitrogens with one attached hydrogen (secondary N) is 2. The molecule has 1 atom stereocenters. The van der Waals surface area contributed by atoms with Crippen LogP contribution in [-0.2, 0) is 21.4 Å². The topological polar surface area (TPSA) is 177 Å². The van der Waals surface area contributed by atoms with Crippen LogP contribution in [0.4, 0.5) is 22.9 Å². The third kappa shape index (κ3) is 9.81. The van der Waals surface area contributed by atoms with Gasteiger partial charge in [0.1, 0.15) is 12.0 Å². The zero-order chi connectivity index (χ0) is 39.9. The number of thioether (sulfide) groups is 1. The summed E-state index contributed by atoms with van der Waals surface area (Å²) >= 11 is 7.58. The van der Waals surface area contributed by atoms with E-state index in [4.69, 9.17) is 17.3 Å². The number of nitro groups is 1. The van der Waals surface area contributed by atoms with Crippen molar-refractivity contribution in [2.45, 2.75) is 28.8 Å². The molecule has 1 saturated heterocycles. The first-order valence-electron chi connectivity index (χ1n) is 18.1. The number of nitro benzene ring substituents is 1. The molecule has 16 heteroatoms. The van der Waals surface area contributed by atoms with Crippen LogP contribution < -0.4 is 20.7 Å². The summed E-state index contributed by atoms with van der Waals surface area (Å²) in [5.41, 5.74) is 10.1. The number of hydrogen-bond donors (Lipinski definition) is 3. The molecular formula is C41H39ClN8O5S2. The van der Waals surface area contributed by atoms with Crippen LogP contribution in [0.3, 0.4) is 0 Å². The van der Waals surface area contributed by atoms with E-state index in [1.54, 1.807) is 6.07 Å². The summed E-state index contributed by atoms with van der Waals surface area (Å²) in [6.45, 7) is 4.09. The number of nitrogens with zero attached hydrogens (tertiary/aromatic N) is 5. The molecule has 1 aromatic heterocycles. The number of carbonyl (C=O) groups excluding carboxylic acids is 1. The van der Waals surface area contributed by atoms with E-state index >= 15 is 0 Å². The molecule has 4 N–H and O–H groups in total. The van der Waals surface area contributed by atoms with Gasteiger partial charge in [-0.25, -0.2) is 18.4 Å². The molecule has 0 aliphatic carbocycles. The number of fused-ring (bicyclic) bond motifs is 1. The highest BCUT2D eigenvalue weighted by Crippen LogP contribution is 2.33. The molecule has 7 rings (SSSR count). The lowest BCUT2D eigenvalue weighted by molar-refractivity contribution is -0.384. The predicted molar refractivity (Wildman–Crippen MR) is 226 cm³/mol. The van der Waals surface area contributed by atoms with Gasteiger partial charge in [-0.15, -0.1) is 11.8 Å². The highest BCUT2D eigenvalue weighted by molar-refractivity contribution is 7.99. The summed E-state index contributed by atoms with van der Waals surface area (Å²) in [5, 5.41) is 16.4. The maximum Gasteiger partial charge on any atom is 0.293 e. The van der Waals surface area contributed by atoms with Crippen molar-refractivity contribution in [3.63, 3.8) is 0 Å². The molecule has 292 valence electrons. The van der Waals surface area contributed by atoms with Gasteiger partial charge >= 0.3 is 0 Å². The van der Waals surface area contributed by atoms with Crippen molar-refractivity contribution in [1.82, 2.24) is 14.9 Å². The van der Waals surface area contributed by atoms with Crippen LogP contribution in [-0.4, -0.2) is 72.1 Å². The second-order valence-corrected chi connectivity index (χ2v) is 16.7. The molecule has 0 radical (unpaired) electrons. The number of sulfonamides is 1. The minimum Gasteiger partial charge on any atom is -0.375 e. The smallest absolute Gasteiger partial charge is 0.293 e. The molecule has 6 aromatic rings. The van der Waals surface area contributed by atoms with Gasteiger partial charge in [-0.05, 0) is 71.3 Å². The summed E-state index contributed by atoms with van der Waals surface area (Å²) in [7, 11) is -4.33. The van der Waals surface area contributed by atoms with E-state index in [0.29, 0.717) is 21.7 Å². The zero-order valence-electron chi connectivity index (χ0n) is 30.6. The van der Waals surface area contributed by atoms with Gasteiger partial charge in [0.2, 0.25) is 5.91 Å². The van der Waals surface area contributed by atoms with E-state index in [1.807, 2.05) is 72.8 Å². The highest BCUT2D eigenvalue weighted by Gasteiger charge is 2.25. The molecule has 2 heterocycles. The summed E-state index contributed by atoms with van der Waals surface area (Å²) < 4.78 is 29.8. The number of hydrogen-bond acceptors (Lipinski definition) is 11. The maximum atomic E-state index is 13.7. The van der Waals surface area contributed by atoms with Crippen LogP contribution in [0.1, 0.15) is 12.0 Å². The van der Waals surface area contributed by atoms with Crippen molar-refractivity contribution in [2.75, 3.05) is 46.9 Å². The molecule has 0 saturated carbocycles. The molecule has 57 heavy (non-hydrogen) atoms. The minimum absolute atomic E-state index is 0.0417. The summed E-state index contributed by atoms with van der Waals surface area (Å²) in [6.07, 6.45) is 1.19. The number of aromatic nitrogens is 2. The number of rotatable bonds is 15. The molecule has 0 unspecified atom stereocenters. The fourth-order valence-corrected chi connectivity index (χ4v) is 8.88. The number of piperazine rings is 1. The average molecular weight is 823 g/mol. The van der Waals surface area contributed by atoms with E-state index in [-0.39, 0.29) is 22.8 Å². The first-order chi connectivity index (χ1) is 27.5. The van der Waals surface area contributed by atoms with Crippen molar-refractivity contribution in [1.29, 1.82) is 0 Å². The van der Waals surface area contributed by atoms with Gasteiger partial charge in [-0.2, -0.15) is 0 Å². The van der Waals surface area contributed by atoms with Crippen LogP contribution in [0.2, 0.25) is 5.02 Å². The average Bonchev–Trinajstić information content (AvgIpc) is 3.21. The van der Waals surface area contributed by atoms with Gasteiger partial charge in [0.15, 0.2) is 5.82 Å². The number of primary amides is 1. The Hall–Kier alpha value is -5.74. The van der Waals surface area contributed by atoms with Gasteiger partial charge in [-0.1, -0.05) is 66.2 Å². The van der Waals surface area contributed by atoms with Crippen LogP contribution in [0.25, 0.3) is 22.0 Å². The monoisotopic (exact) mass is 822 g/mol. The van der Waals surface area contributed by atoms with Crippen molar-refractivity contribution in [3.8, 4) is 11.1 Å². The second kappa shape index (κ2) is 17.6. The fourth-order valence-electron chi connectivity index (χ4n) is 6.76. The lowest BCUT2D eigenvalue weighted by Gasteiger charge is -2.36. The molecule has 1 fully saturated rings. The van der Waals surface area contributed by atoms with Gasteiger partial charge in [0.25, 0.3) is 15.7 Å². The van der Waals surface area contributed by atoms with E-state index in [0.717, 1.165) is 54.9 Å². The fraction of sp³-hybridized carbons (Fsp3) is 0.195. The Morgan fingerprint density at radius 1 is 0.912 bits per heavy atom. The number of carbonyl (C=O) groups is 1. The lowest BCUT2D eigenvalue weighted by Crippen LogP contribution is -2.46. The van der Waals surface area contributed by atoms with Gasteiger partial charge in [-0.3, -0.25) is 24.5 Å². The van der Waals surface area contributed by atoms with Crippen LogP contribution >= 0.6 is 23.4 Å². The van der Waals surface area contributed by atoms with Crippen molar-refractivity contribution >= 4 is 73.1 Å². The van der Waals surface area contributed by atoms with Crippen molar-refractivity contribution in [2.24, 2.45) is 5.73 Å². The highest BCUT2D eigenvalue weighted by atomic mass is 35.5. The van der Waals surface area contributed by atoms with E-state index < -0.39 is 32.6 Å². The molecule has 0 spiro atoms. The normalized spacial score (nSPS) is 13.9. The van der Waals surface area contributed by atoms with E-state index in [2.05, 4.69) is 48.0 Å². The lowest BCUT2D eigenvalue weighted by atomic mass is 9.99.